The number of carbonyl (C=O) groups is 1. The average Bonchev–Trinajstić information content (AvgIpc) is 2.55. The van der Waals surface area contributed by atoms with Crippen molar-refractivity contribution in [3.8, 4) is 5.75 Å². The van der Waals surface area contributed by atoms with Crippen LogP contribution >= 0.6 is 0 Å². The lowest BCUT2D eigenvalue weighted by molar-refractivity contribution is 0.101. The maximum atomic E-state index is 11.4. The van der Waals surface area contributed by atoms with Gasteiger partial charge in [0.15, 0.2) is 0 Å². The fourth-order valence-electron chi connectivity index (χ4n) is 1.89. The monoisotopic (exact) mass is 317 g/mol. The molecular formula is C19H27NO3. The van der Waals surface area contributed by atoms with Crippen LogP contribution in [0.3, 0.4) is 0 Å². The number of nitrogens with two attached hydrogens (primary N) is 1. The summed E-state index contributed by atoms with van der Waals surface area (Å²) in [4.78, 5) is 11.4. The first kappa shape index (κ1) is 18.8. The van der Waals surface area contributed by atoms with Crippen molar-refractivity contribution in [2.24, 2.45) is 0 Å². The van der Waals surface area contributed by atoms with Gasteiger partial charge in [0.1, 0.15) is 5.75 Å². The maximum Gasteiger partial charge on any atom is 0.513 e. The Balaban J connectivity index is 2.04. The third kappa shape index (κ3) is 10.2. The molecule has 0 aliphatic carbocycles. The number of benzene rings is 1. The molecule has 0 saturated heterocycles. The molecule has 1 rings (SSSR count). The first-order valence-corrected chi connectivity index (χ1v) is 8.22. The summed E-state index contributed by atoms with van der Waals surface area (Å²) in [7, 11) is 0. The van der Waals surface area contributed by atoms with Crippen LogP contribution in [0.5, 0.6) is 5.75 Å². The smallest absolute Gasteiger partial charge is 0.434 e. The van der Waals surface area contributed by atoms with E-state index in [4.69, 9.17) is 15.2 Å². The summed E-state index contributed by atoms with van der Waals surface area (Å²) in [5, 5.41) is 0. The first-order chi connectivity index (χ1) is 11.2. The van der Waals surface area contributed by atoms with Gasteiger partial charge in [-0.05, 0) is 49.9 Å². The predicted molar refractivity (Wildman–Crippen MR) is 94.5 cm³/mol. The summed E-state index contributed by atoms with van der Waals surface area (Å²) in [6.45, 7) is 2.52. The van der Waals surface area contributed by atoms with Gasteiger partial charge in [-0.25, -0.2) is 4.79 Å². The molecule has 0 amide bonds. The molecule has 23 heavy (non-hydrogen) atoms. The van der Waals surface area contributed by atoms with Gasteiger partial charge in [0.2, 0.25) is 0 Å². The van der Waals surface area contributed by atoms with E-state index in [0.29, 0.717) is 24.5 Å². The third-order valence-corrected chi connectivity index (χ3v) is 3.17. The Morgan fingerprint density at radius 2 is 1.74 bits per heavy atom. The Bertz CT molecular complexity index is 492. The van der Waals surface area contributed by atoms with Crippen LogP contribution in [0.2, 0.25) is 0 Å². The van der Waals surface area contributed by atoms with Crippen LogP contribution in [-0.2, 0) is 4.74 Å². The molecule has 0 unspecified atom stereocenters. The van der Waals surface area contributed by atoms with Gasteiger partial charge < -0.3 is 15.2 Å². The van der Waals surface area contributed by atoms with E-state index in [1.54, 1.807) is 24.3 Å². The number of hydrogen-bond donors (Lipinski definition) is 1. The van der Waals surface area contributed by atoms with Crippen LogP contribution in [0, 0.1) is 0 Å². The normalized spacial score (nSPS) is 11.2. The van der Waals surface area contributed by atoms with E-state index in [-0.39, 0.29) is 0 Å². The molecule has 2 N–H and O–H groups in total. The highest BCUT2D eigenvalue weighted by atomic mass is 16.7. The van der Waals surface area contributed by atoms with Gasteiger partial charge in [0, 0.05) is 5.69 Å². The zero-order chi connectivity index (χ0) is 16.8. The molecule has 0 aromatic heterocycles. The van der Waals surface area contributed by atoms with Crippen LogP contribution in [0.15, 0.2) is 48.6 Å². The van der Waals surface area contributed by atoms with Gasteiger partial charge in [-0.3, -0.25) is 0 Å². The topological polar surface area (TPSA) is 61.5 Å². The van der Waals surface area contributed by atoms with Crippen molar-refractivity contribution in [3.63, 3.8) is 0 Å². The fraction of sp³-hybridized carbons (Fsp3) is 0.421. The second kappa shape index (κ2) is 12.3. The zero-order valence-electron chi connectivity index (χ0n) is 13.9. The van der Waals surface area contributed by atoms with Crippen LogP contribution in [0.25, 0.3) is 0 Å². The molecule has 4 nitrogen and oxygen atoms in total. The molecule has 0 bridgehead atoms. The molecule has 1 aromatic carbocycles. The van der Waals surface area contributed by atoms with Crippen molar-refractivity contribution in [1.29, 1.82) is 0 Å². The molecule has 126 valence electrons. The highest BCUT2D eigenvalue weighted by Gasteiger charge is 2.04. The highest BCUT2D eigenvalue weighted by molar-refractivity contribution is 5.64. The van der Waals surface area contributed by atoms with Crippen LogP contribution in [0.1, 0.15) is 45.4 Å². The van der Waals surface area contributed by atoms with Gasteiger partial charge in [0.25, 0.3) is 0 Å². The van der Waals surface area contributed by atoms with Crippen molar-refractivity contribution in [3.05, 3.63) is 48.6 Å². The number of rotatable bonds is 10. The average molecular weight is 317 g/mol. The Labute approximate surface area is 139 Å². The second-order valence-corrected chi connectivity index (χ2v) is 5.23. The molecule has 0 aliphatic heterocycles. The molecule has 0 saturated carbocycles. The summed E-state index contributed by atoms with van der Waals surface area (Å²) < 4.78 is 10.00. The molecule has 0 spiro atoms. The molecule has 0 heterocycles. The number of ether oxygens (including phenoxy) is 2. The summed E-state index contributed by atoms with van der Waals surface area (Å²) in [5.74, 6) is 0.424. The second-order valence-electron chi connectivity index (χ2n) is 5.23. The quantitative estimate of drug-likeness (QED) is 0.210. The zero-order valence-corrected chi connectivity index (χ0v) is 13.9. The van der Waals surface area contributed by atoms with E-state index in [0.717, 1.165) is 12.8 Å². The molecule has 0 radical (unpaired) electrons. The van der Waals surface area contributed by atoms with Gasteiger partial charge in [0.05, 0.1) is 6.61 Å². The Morgan fingerprint density at radius 3 is 2.43 bits per heavy atom. The maximum absolute atomic E-state index is 11.4. The molecular weight excluding hydrogens is 290 g/mol. The van der Waals surface area contributed by atoms with Crippen LogP contribution < -0.4 is 10.5 Å². The first-order valence-electron chi connectivity index (χ1n) is 8.22. The lowest BCUT2D eigenvalue weighted by Gasteiger charge is -2.04. The van der Waals surface area contributed by atoms with E-state index >= 15 is 0 Å². The van der Waals surface area contributed by atoms with Crippen LogP contribution in [0.4, 0.5) is 10.5 Å². The van der Waals surface area contributed by atoms with E-state index in [2.05, 4.69) is 25.2 Å². The minimum absolute atomic E-state index is 0.310. The SMILES string of the molecule is CCCCC/C=C\C/C=C\CCOC(=O)Oc1ccc(N)cc1. The van der Waals surface area contributed by atoms with E-state index in [1.165, 1.54) is 19.3 Å². The fourth-order valence-corrected chi connectivity index (χ4v) is 1.89. The molecule has 0 atom stereocenters. The summed E-state index contributed by atoms with van der Waals surface area (Å²) in [6, 6.07) is 6.59. The van der Waals surface area contributed by atoms with E-state index < -0.39 is 6.16 Å². The highest BCUT2D eigenvalue weighted by Crippen LogP contribution is 2.13. The van der Waals surface area contributed by atoms with Crippen molar-refractivity contribution in [2.45, 2.75) is 45.4 Å². The van der Waals surface area contributed by atoms with Gasteiger partial charge in [-0.1, -0.05) is 44.1 Å². The number of nitrogen functional groups attached to an aromatic ring is 1. The number of unbranched alkanes of at least 4 members (excludes halogenated alkanes) is 3. The summed E-state index contributed by atoms with van der Waals surface area (Å²) in [6.07, 6.45) is 14.4. The lowest BCUT2D eigenvalue weighted by Crippen LogP contribution is -2.11. The molecule has 4 heteroatoms. The third-order valence-electron chi connectivity index (χ3n) is 3.17. The Hall–Kier alpha value is -2.23. The Morgan fingerprint density at radius 1 is 1.04 bits per heavy atom. The standard InChI is InChI=1S/C19H27NO3/c1-2-3-4-5-6-7-8-9-10-11-16-22-19(21)23-18-14-12-17(20)13-15-18/h6-7,9-10,12-15H,2-5,8,11,16,20H2,1H3/b7-6-,10-9-. The van der Waals surface area contributed by atoms with Gasteiger partial charge >= 0.3 is 6.16 Å². The Kier molecular flexibility index (Phi) is 10.1. The summed E-state index contributed by atoms with van der Waals surface area (Å²) >= 11 is 0. The minimum atomic E-state index is -0.695. The number of anilines is 1. The van der Waals surface area contributed by atoms with Crippen LogP contribution in [-0.4, -0.2) is 12.8 Å². The summed E-state index contributed by atoms with van der Waals surface area (Å²) in [5.41, 5.74) is 6.17. The lowest BCUT2D eigenvalue weighted by atomic mass is 10.2. The van der Waals surface area contributed by atoms with Crippen molar-refractivity contribution in [2.75, 3.05) is 12.3 Å². The predicted octanol–water partition coefficient (Wildman–Crippen LogP) is 5.26. The van der Waals surface area contributed by atoms with Gasteiger partial charge in [-0.2, -0.15) is 0 Å². The largest absolute Gasteiger partial charge is 0.513 e. The number of carbonyl (C=O) groups excluding carboxylic acids is 1. The number of allylic oxidation sites excluding steroid dienone is 3. The molecule has 0 fully saturated rings. The van der Waals surface area contributed by atoms with Crippen molar-refractivity contribution >= 4 is 11.8 Å². The minimum Gasteiger partial charge on any atom is -0.434 e. The number of hydrogen-bond acceptors (Lipinski definition) is 4. The molecule has 0 aliphatic rings. The van der Waals surface area contributed by atoms with Gasteiger partial charge in [-0.15, -0.1) is 0 Å². The molecule has 1 aromatic rings. The van der Waals surface area contributed by atoms with E-state index in [9.17, 15) is 4.79 Å². The van der Waals surface area contributed by atoms with Crippen molar-refractivity contribution in [1.82, 2.24) is 0 Å². The van der Waals surface area contributed by atoms with E-state index in [1.807, 2.05) is 6.08 Å². The van der Waals surface area contributed by atoms with Crippen molar-refractivity contribution < 1.29 is 14.3 Å².